The molecule has 4 rings (SSSR count). The van der Waals surface area contributed by atoms with E-state index in [9.17, 15) is 9.59 Å². The Labute approximate surface area is 172 Å². The van der Waals surface area contributed by atoms with E-state index in [1.165, 1.54) is 11.8 Å². The summed E-state index contributed by atoms with van der Waals surface area (Å²) in [6, 6.07) is 12.4. The molecule has 2 N–H and O–H groups in total. The lowest BCUT2D eigenvalue weighted by molar-refractivity contribution is -0.113. The fraction of sp³-hybridized carbons (Fsp3) is 0.190. The monoisotopic (exact) mass is 408 g/mol. The molecule has 2 heterocycles. The number of carbonyl (C=O) groups excluding carboxylic acids is 2. The van der Waals surface area contributed by atoms with Crippen molar-refractivity contribution in [1.82, 2.24) is 14.9 Å². The number of thioether (sulfide) groups is 1. The van der Waals surface area contributed by atoms with E-state index in [-0.39, 0.29) is 11.8 Å². The van der Waals surface area contributed by atoms with Crippen LogP contribution in [0.25, 0.3) is 0 Å². The van der Waals surface area contributed by atoms with E-state index in [2.05, 4.69) is 15.6 Å². The smallest absolute Gasteiger partial charge is 0.252 e. The van der Waals surface area contributed by atoms with Crippen molar-refractivity contribution in [2.45, 2.75) is 10.9 Å². The molecule has 0 radical (unpaired) electrons. The number of imidazole rings is 1. The molecule has 2 aromatic carbocycles. The summed E-state index contributed by atoms with van der Waals surface area (Å²) in [6.45, 7) is 0. The average molecular weight is 408 g/mol. The number of amides is 2. The van der Waals surface area contributed by atoms with Crippen LogP contribution < -0.4 is 15.4 Å². The summed E-state index contributed by atoms with van der Waals surface area (Å²) in [5.41, 5.74) is 1.98. The van der Waals surface area contributed by atoms with Gasteiger partial charge in [-0.25, -0.2) is 4.98 Å². The Morgan fingerprint density at radius 1 is 1.31 bits per heavy atom. The van der Waals surface area contributed by atoms with Gasteiger partial charge in [0.15, 0.2) is 0 Å². The fourth-order valence-corrected chi connectivity index (χ4v) is 4.00. The Balaban J connectivity index is 1.66. The van der Waals surface area contributed by atoms with E-state index in [0.29, 0.717) is 28.6 Å². The van der Waals surface area contributed by atoms with Gasteiger partial charge in [-0.2, -0.15) is 0 Å². The van der Waals surface area contributed by atoms with Crippen molar-refractivity contribution in [2.24, 2.45) is 7.05 Å². The molecule has 1 aromatic heterocycles. The van der Waals surface area contributed by atoms with E-state index >= 15 is 0 Å². The number of carbonyl (C=O) groups is 2. The molecule has 8 heteroatoms. The quantitative estimate of drug-likeness (QED) is 0.678. The number of aromatic nitrogens is 2. The second-order valence-corrected chi connectivity index (χ2v) is 7.64. The van der Waals surface area contributed by atoms with Gasteiger partial charge in [-0.05, 0) is 35.9 Å². The van der Waals surface area contributed by atoms with Gasteiger partial charge in [-0.15, -0.1) is 11.8 Å². The van der Waals surface area contributed by atoms with Crippen molar-refractivity contribution in [3.63, 3.8) is 0 Å². The van der Waals surface area contributed by atoms with Gasteiger partial charge in [0.25, 0.3) is 5.91 Å². The Morgan fingerprint density at radius 3 is 2.93 bits per heavy atom. The van der Waals surface area contributed by atoms with Crippen LogP contribution in [0.2, 0.25) is 0 Å². The van der Waals surface area contributed by atoms with Crippen LogP contribution in [0.3, 0.4) is 0 Å². The predicted molar refractivity (Wildman–Crippen MR) is 111 cm³/mol. The third kappa shape index (κ3) is 3.97. The maximum Gasteiger partial charge on any atom is 0.252 e. The number of hydrogen-bond acceptors (Lipinski definition) is 5. The zero-order chi connectivity index (χ0) is 20.4. The highest BCUT2D eigenvalue weighted by Gasteiger charge is 2.23. The van der Waals surface area contributed by atoms with Crippen LogP contribution in [0, 0.1) is 0 Å². The largest absolute Gasteiger partial charge is 0.497 e. The second-order valence-electron chi connectivity index (χ2n) is 6.63. The maximum atomic E-state index is 13.1. The summed E-state index contributed by atoms with van der Waals surface area (Å²) >= 11 is 1.46. The number of hydrogen-bond donors (Lipinski definition) is 2. The Morgan fingerprint density at radius 2 is 2.17 bits per heavy atom. The van der Waals surface area contributed by atoms with Crippen LogP contribution in [0.15, 0.2) is 59.8 Å². The summed E-state index contributed by atoms with van der Waals surface area (Å²) < 4.78 is 7.20. The molecule has 1 aliphatic rings. The number of aryl methyl sites for hydroxylation is 1. The maximum absolute atomic E-state index is 13.1. The first-order valence-corrected chi connectivity index (χ1v) is 10.0. The lowest BCUT2D eigenvalue weighted by Gasteiger charge is -2.21. The number of methoxy groups -OCH3 is 1. The Kier molecular flexibility index (Phi) is 5.26. The summed E-state index contributed by atoms with van der Waals surface area (Å²) in [5, 5.41) is 5.88. The van der Waals surface area contributed by atoms with Gasteiger partial charge in [0, 0.05) is 29.9 Å². The highest BCUT2D eigenvalue weighted by Crippen LogP contribution is 2.32. The molecule has 1 atom stereocenters. The molecular formula is C21H20N4O3S. The molecule has 1 aliphatic heterocycles. The molecule has 2 amide bonds. The minimum absolute atomic E-state index is 0.0673. The van der Waals surface area contributed by atoms with Gasteiger partial charge in [0.1, 0.15) is 17.6 Å². The van der Waals surface area contributed by atoms with Crippen LogP contribution in [0.4, 0.5) is 5.69 Å². The van der Waals surface area contributed by atoms with Crippen LogP contribution in [0.1, 0.15) is 27.8 Å². The first-order valence-electron chi connectivity index (χ1n) is 9.04. The number of benzene rings is 2. The van der Waals surface area contributed by atoms with Crippen LogP contribution in [-0.4, -0.2) is 34.2 Å². The summed E-state index contributed by atoms with van der Waals surface area (Å²) in [5.74, 6) is 1.46. The van der Waals surface area contributed by atoms with Crippen molar-refractivity contribution >= 4 is 29.3 Å². The molecule has 0 fully saturated rings. The number of ether oxygens (including phenoxy) is 1. The lowest BCUT2D eigenvalue weighted by Crippen LogP contribution is -2.31. The minimum atomic E-state index is -0.461. The second kappa shape index (κ2) is 8.00. The predicted octanol–water partition coefficient (Wildman–Crippen LogP) is 2.99. The molecule has 0 spiro atoms. The molecule has 0 saturated carbocycles. The average Bonchev–Trinajstić information content (AvgIpc) is 3.16. The SMILES string of the molecule is COc1cccc(C(NC(=O)c2ccc3c(c2)NC(=O)CS3)c2nccn2C)c1. The van der Waals surface area contributed by atoms with Crippen molar-refractivity contribution in [1.29, 1.82) is 0 Å². The number of nitrogens with zero attached hydrogens (tertiary/aromatic N) is 2. The lowest BCUT2D eigenvalue weighted by atomic mass is 10.0. The normalized spacial score (nSPS) is 13.9. The molecule has 0 bridgehead atoms. The van der Waals surface area contributed by atoms with Gasteiger partial charge >= 0.3 is 0 Å². The first kappa shape index (κ1) is 19.1. The number of fused-ring (bicyclic) bond motifs is 1. The molecule has 29 heavy (non-hydrogen) atoms. The fourth-order valence-electron chi connectivity index (χ4n) is 3.21. The van der Waals surface area contributed by atoms with Crippen molar-refractivity contribution in [2.75, 3.05) is 18.2 Å². The van der Waals surface area contributed by atoms with Crippen LogP contribution in [-0.2, 0) is 11.8 Å². The standard InChI is InChI=1S/C21H20N4O3S/c1-25-9-8-22-20(25)19(13-4-3-5-15(10-13)28-2)24-21(27)14-6-7-17-16(11-14)23-18(26)12-29-17/h3-11,19H,12H2,1-2H3,(H,23,26)(H,24,27). The third-order valence-corrected chi connectivity index (χ3v) is 5.77. The van der Waals surface area contributed by atoms with Gasteiger partial charge in [-0.3, -0.25) is 9.59 Å². The topological polar surface area (TPSA) is 85.2 Å². The molecule has 7 nitrogen and oxygen atoms in total. The van der Waals surface area contributed by atoms with E-state index in [0.717, 1.165) is 10.5 Å². The molecule has 0 saturated heterocycles. The third-order valence-electron chi connectivity index (χ3n) is 4.69. The molecule has 0 aliphatic carbocycles. The molecular weight excluding hydrogens is 388 g/mol. The van der Waals surface area contributed by atoms with Crippen LogP contribution in [0.5, 0.6) is 5.75 Å². The summed E-state index contributed by atoms with van der Waals surface area (Å²) in [6.07, 6.45) is 3.53. The van der Waals surface area contributed by atoms with Gasteiger partial charge in [-0.1, -0.05) is 12.1 Å². The Bertz CT molecular complexity index is 1080. The van der Waals surface area contributed by atoms with Gasteiger partial charge in [0.2, 0.25) is 5.91 Å². The summed E-state index contributed by atoms with van der Waals surface area (Å²) in [7, 11) is 3.49. The minimum Gasteiger partial charge on any atom is -0.497 e. The van der Waals surface area contributed by atoms with Gasteiger partial charge < -0.3 is 19.9 Å². The van der Waals surface area contributed by atoms with Crippen molar-refractivity contribution in [3.8, 4) is 5.75 Å². The molecule has 148 valence electrons. The Hall–Kier alpha value is -3.26. The number of nitrogens with one attached hydrogen (secondary N) is 2. The van der Waals surface area contributed by atoms with Crippen molar-refractivity contribution in [3.05, 3.63) is 71.8 Å². The van der Waals surface area contributed by atoms with E-state index in [4.69, 9.17) is 4.74 Å². The highest BCUT2D eigenvalue weighted by atomic mass is 32.2. The molecule has 3 aromatic rings. The van der Waals surface area contributed by atoms with E-state index in [1.807, 2.05) is 48.1 Å². The van der Waals surface area contributed by atoms with Crippen molar-refractivity contribution < 1.29 is 14.3 Å². The summed E-state index contributed by atoms with van der Waals surface area (Å²) in [4.78, 5) is 30.1. The van der Waals surface area contributed by atoms with Crippen LogP contribution >= 0.6 is 11.8 Å². The van der Waals surface area contributed by atoms with E-state index < -0.39 is 6.04 Å². The zero-order valence-corrected chi connectivity index (χ0v) is 16.8. The highest BCUT2D eigenvalue weighted by molar-refractivity contribution is 8.00. The van der Waals surface area contributed by atoms with E-state index in [1.54, 1.807) is 25.4 Å². The zero-order valence-electron chi connectivity index (χ0n) is 16.0. The number of anilines is 1. The first-order chi connectivity index (χ1) is 14.0. The number of rotatable bonds is 5. The van der Waals surface area contributed by atoms with Gasteiger partial charge in [0.05, 0.1) is 18.6 Å². The molecule has 1 unspecified atom stereocenters.